The number of aromatic nitrogens is 1. The normalized spacial score (nSPS) is 21.4. The number of nitrogens with one attached hydrogen (secondary N) is 1. The lowest BCUT2D eigenvalue weighted by Crippen LogP contribution is -2.36. The fraction of sp³-hybridized carbons (Fsp3) is 0.444. The molecule has 1 fully saturated rings. The van der Waals surface area contributed by atoms with E-state index in [9.17, 15) is 9.59 Å². The summed E-state index contributed by atoms with van der Waals surface area (Å²) in [5.74, 6) is -0.284. The van der Waals surface area contributed by atoms with Gasteiger partial charge in [-0.1, -0.05) is 0 Å². The maximum atomic E-state index is 11.5. The van der Waals surface area contributed by atoms with E-state index in [0.29, 0.717) is 6.54 Å². The van der Waals surface area contributed by atoms with Crippen molar-refractivity contribution in [2.75, 3.05) is 7.05 Å². The Morgan fingerprint density at radius 1 is 1.67 bits per heavy atom. The summed E-state index contributed by atoms with van der Waals surface area (Å²) in [5.41, 5.74) is 0. The van der Waals surface area contributed by atoms with Gasteiger partial charge in [0, 0.05) is 25.2 Å². The summed E-state index contributed by atoms with van der Waals surface area (Å²) >= 11 is 1.53. The molecule has 0 saturated carbocycles. The first kappa shape index (κ1) is 10.3. The van der Waals surface area contributed by atoms with Crippen LogP contribution in [0.1, 0.15) is 11.4 Å². The lowest BCUT2D eigenvalue weighted by atomic mass is 10.2. The van der Waals surface area contributed by atoms with Crippen LogP contribution >= 0.6 is 11.3 Å². The van der Waals surface area contributed by atoms with Crippen LogP contribution in [0, 0.1) is 0 Å². The molecule has 1 aromatic rings. The van der Waals surface area contributed by atoms with Gasteiger partial charge < -0.3 is 0 Å². The zero-order valence-corrected chi connectivity index (χ0v) is 9.08. The topological polar surface area (TPSA) is 62.3 Å². The Bertz CT molecular complexity index is 377. The van der Waals surface area contributed by atoms with E-state index in [1.165, 1.54) is 23.3 Å². The highest BCUT2D eigenvalue weighted by Crippen LogP contribution is 2.12. The number of hydrogen-bond acceptors (Lipinski definition) is 5. The van der Waals surface area contributed by atoms with Gasteiger partial charge in [0.1, 0.15) is 5.01 Å². The molecular weight excluding hydrogens is 214 g/mol. The fourth-order valence-corrected chi connectivity index (χ4v) is 2.03. The molecule has 1 aromatic heterocycles. The van der Waals surface area contributed by atoms with E-state index in [0.717, 1.165) is 5.01 Å². The van der Waals surface area contributed by atoms with Crippen LogP contribution in [-0.4, -0.2) is 34.8 Å². The maximum absolute atomic E-state index is 11.5. The zero-order chi connectivity index (χ0) is 10.8. The van der Waals surface area contributed by atoms with Crippen molar-refractivity contribution in [2.45, 2.75) is 19.0 Å². The number of likely N-dealkylation sites (N-methyl/N-ethyl adjacent to an activating group) is 1. The van der Waals surface area contributed by atoms with Crippen molar-refractivity contribution in [1.82, 2.24) is 15.2 Å². The number of thiazole rings is 1. The minimum absolute atomic E-state index is 0.128. The van der Waals surface area contributed by atoms with Crippen molar-refractivity contribution in [3.8, 4) is 0 Å². The predicted molar refractivity (Wildman–Crippen MR) is 55.1 cm³/mol. The SMILES string of the molecule is CN1C(=O)CC(NCc2nccs2)C1=O. The van der Waals surface area contributed by atoms with Crippen molar-refractivity contribution in [1.29, 1.82) is 0 Å². The summed E-state index contributed by atoms with van der Waals surface area (Å²) in [6, 6.07) is -0.383. The van der Waals surface area contributed by atoms with E-state index < -0.39 is 0 Å². The lowest BCUT2D eigenvalue weighted by molar-refractivity contribution is -0.137. The van der Waals surface area contributed by atoms with Gasteiger partial charge in [-0.3, -0.25) is 19.8 Å². The van der Waals surface area contributed by atoms with Crippen molar-refractivity contribution >= 4 is 23.2 Å². The van der Waals surface area contributed by atoms with Crippen LogP contribution in [0.2, 0.25) is 0 Å². The highest BCUT2D eigenvalue weighted by molar-refractivity contribution is 7.09. The molecule has 1 unspecified atom stereocenters. The van der Waals surface area contributed by atoms with Crippen LogP contribution in [0.5, 0.6) is 0 Å². The Balaban J connectivity index is 1.91. The number of rotatable bonds is 3. The number of likely N-dealkylation sites (tertiary alicyclic amines) is 1. The molecule has 1 N–H and O–H groups in total. The Hall–Kier alpha value is -1.27. The molecule has 6 heteroatoms. The second kappa shape index (κ2) is 4.08. The molecule has 1 saturated heterocycles. The fourth-order valence-electron chi connectivity index (χ4n) is 1.47. The van der Waals surface area contributed by atoms with Crippen LogP contribution in [-0.2, 0) is 16.1 Å². The third kappa shape index (κ3) is 2.05. The molecule has 0 spiro atoms. The summed E-state index contributed by atoms with van der Waals surface area (Å²) < 4.78 is 0. The molecule has 2 rings (SSSR count). The van der Waals surface area contributed by atoms with Gasteiger partial charge in [-0.05, 0) is 0 Å². The molecule has 1 atom stereocenters. The molecule has 2 heterocycles. The van der Waals surface area contributed by atoms with E-state index >= 15 is 0 Å². The first-order valence-electron chi connectivity index (χ1n) is 4.60. The quantitative estimate of drug-likeness (QED) is 0.735. The Morgan fingerprint density at radius 2 is 2.47 bits per heavy atom. The molecule has 5 nitrogen and oxygen atoms in total. The summed E-state index contributed by atoms with van der Waals surface area (Å²) in [4.78, 5) is 28.0. The monoisotopic (exact) mass is 225 g/mol. The molecule has 80 valence electrons. The highest BCUT2D eigenvalue weighted by Gasteiger charge is 2.35. The molecule has 1 aliphatic heterocycles. The third-order valence-corrected chi connectivity index (χ3v) is 3.14. The Kier molecular flexibility index (Phi) is 2.79. The second-order valence-corrected chi connectivity index (χ2v) is 4.33. The molecule has 0 bridgehead atoms. The molecule has 1 aliphatic rings. The smallest absolute Gasteiger partial charge is 0.246 e. The third-order valence-electron chi connectivity index (χ3n) is 2.36. The standard InChI is InChI=1S/C9H11N3O2S/c1-12-8(13)4-6(9(12)14)11-5-7-10-2-3-15-7/h2-3,6,11H,4-5H2,1H3. The summed E-state index contributed by atoms with van der Waals surface area (Å²) in [7, 11) is 1.51. The molecule has 2 amide bonds. The van der Waals surface area contributed by atoms with E-state index in [2.05, 4.69) is 10.3 Å². The average Bonchev–Trinajstić information content (AvgIpc) is 2.80. The van der Waals surface area contributed by atoms with Crippen molar-refractivity contribution in [3.05, 3.63) is 16.6 Å². The summed E-state index contributed by atoms with van der Waals surface area (Å²) in [6.45, 7) is 0.537. The molecule has 0 aromatic carbocycles. The number of carbonyl (C=O) groups is 2. The first-order chi connectivity index (χ1) is 7.18. The van der Waals surface area contributed by atoms with E-state index in [4.69, 9.17) is 0 Å². The Labute approximate surface area is 91.1 Å². The number of nitrogens with zero attached hydrogens (tertiary/aromatic N) is 2. The van der Waals surface area contributed by atoms with Gasteiger partial charge in [-0.25, -0.2) is 4.98 Å². The Morgan fingerprint density at radius 3 is 3.00 bits per heavy atom. The van der Waals surface area contributed by atoms with Gasteiger partial charge >= 0.3 is 0 Å². The van der Waals surface area contributed by atoms with Crippen LogP contribution in [0.4, 0.5) is 0 Å². The average molecular weight is 225 g/mol. The maximum Gasteiger partial charge on any atom is 0.246 e. The minimum atomic E-state index is -0.383. The van der Waals surface area contributed by atoms with Crippen LogP contribution in [0.3, 0.4) is 0 Å². The lowest BCUT2D eigenvalue weighted by Gasteiger charge is -2.09. The van der Waals surface area contributed by atoms with Crippen molar-refractivity contribution in [3.63, 3.8) is 0 Å². The number of imide groups is 1. The second-order valence-electron chi connectivity index (χ2n) is 3.35. The summed E-state index contributed by atoms with van der Waals surface area (Å²) in [5, 5.41) is 5.83. The highest BCUT2D eigenvalue weighted by atomic mass is 32.1. The van der Waals surface area contributed by atoms with E-state index in [1.54, 1.807) is 6.20 Å². The largest absolute Gasteiger partial charge is 0.299 e. The molecule has 0 radical (unpaired) electrons. The summed E-state index contributed by atoms with van der Waals surface area (Å²) in [6.07, 6.45) is 1.97. The minimum Gasteiger partial charge on any atom is -0.299 e. The zero-order valence-electron chi connectivity index (χ0n) is 8.27. The van der Waals surface area contributed by atoms with E-state index in [-0.39, 0.29) is 24.3 Å². The van der Waals surface area contributed by atoms with Gasteiger partial charge in [0.25, 0.3) is 0 Å². The molecule has 15 heavy (non-hydrogen) atoms. The van der Waals surface area contributed by atoms with Gasteiger partial charge in [-0.2, -0.15) is 0 Å². The number of amides is 2. The van der Waals surface area contributed by atoms with Gasteiger partial charge in [0.05, 0.1) is 12.5 Å². The molecule has 0 aliphatic carbocycles. The van der Waals surface area contributed by atoms with Crippen molar-refractivity contribution < 1.29 is 9.59 Å². The van der Waals surface area contributed by atoms with Gasteiger partial charge in [0.15, 0.2) is 0 Å². The molecular formula is C9H11N3O2S. The number of carbonyl (C=O) groups excluding carboxylic acids is 2. The van der Waals surface area contributed by atoms with Crippen LogP contribution < -0.4 is 5.32 Å². The van der Waals surface area contributed by atoms with Crippen LogP contribution in [0.15, 0.2) is 11.6 Å². The van der Waals surface area contributed by atoms with Gasteiger partial charge in [-0.15, -0.1) is 11.3 Å². The van der Waals surface area contributed by atoms with E-state index in [1.807, 2.05) is 5.38 Å². The number of hydrogen-bond donors (Lipinski definition) is 1. The first-order valence-corrected chi connectivity index (χ1v) is 5.48. The van der Waals surface area contributed by atoms with Gasteiger partial charge in [0.2, 0.25) is 11.8 Å². The van der Waals surface area contributed by atoms with Crippen molar-refractivity contribution in [2.24, 2.45) is 0 Å². The predicted octanol–water partition coefficient (Wildman–Crippen LogP) is -0.0100. The van der Waals surface area contributed by atoms with Crippen LogP contribution in [0.25, 0.3) is 0 Å².